The summed E-state index contributed by atoms with van der Waals surface area (Å²) in [5, 5.41) is 13.9. The van der Waals surface area contributed by atoms with Crippen LogP contribution in [-0.2, 0) is 11.3 Å². The smallest absolute Gasteiger partial charge is 0.274 e. The van der Waals surface area contributed by atoms with E-state index in [1.54, 1.807) is 19.1 Å². The maximum Gasteiger partial charge on any atom is 0.274 e. The third-order valence-electron chi connectivity index (χ3n) is 5.48. The van der Waals surface area contributed by atoms with Gasteiger partial charge in [-0.1, -0.05) is 30.3 Å². The van der Waals surface area contributed by atoms with Crippen LogP contribution in [0.1, 0.15) is 23.1 Å². The van der Waals surface area contributed by atoms with Crippen LogP contribution in [0.3, 0.4) is 0 Å². The van der Waals surface area contributed by atoms with Crippen molar-refractivity contribution >= 4 is 17.3 Å². The van der Waals surface area contributed by atoms with Gasteiger partial charge in [0, 0.05) is 25.7 Å². The number of aryl methyl sites for hydroxylation is 1. The number of nitrogens with zero attached hydrogens (tertiary/aromatic N) is 3. The largest absolute Gasteiger partial charge is 0.324 e. The monoisotopic (exact) mass is 396 g/mol. The molecule has 29 heavy (non-hydrogen) atoms. The molecule has 0 aromatic heterocycles. The van der Waals surface area contributed by atoms with Gasteiger partial charge in [0.15, 0.2) is 0 Å². The van der Waals surface area contributed by atoms with Crippen LogP contribution in [-0.4, -0.2) is 53.4 Å². The first-order valence-electron chi connectivity index (χ1n) is 9.97. The number of anilines is 1. The summed E-state index contributed by atoms with van der Waals surface area (Å²) in [6.45, 7) is 8.63. The topological polar surface area (TPSA) is 78.7 Å². The Balaban J connectivity index is 1.54. The van der Waals surface area contributed by atoms with Gasteiger partial charge in [-0.25, -0.2) is 0 Å². The van der Waals surface area contributed by atoms with Crippen LogP contribution in [0.2, 0.25) is 0 Å². The standard InChI is InChI=1S/C22H28N4O3/c1-17-7-3-4-8-19(17)15-24-11-6-12-25(14-13-24)16-22(27)23-20-9-5-10-21(18(20)2)26(28)29/h3-5,7-10H,6,11-16H2,1-2H3,(H,23,27). The lowest BCUT2D eigenvalue weighted by Gasteiger charge is -2.22. The molecule has 0 spiro atoms. The lowest BCUT2D eigenvalue weighted by molar-refractivity contribution is -0.385. The summed E-state index contributed by atoms with van der Waals surface area (Å²) in [7, 11) is 0. The molecule has 7 nitrogen and oxygen atoms in total. The third kappa shape index (κ3) is 5.62. The summed E-state index contributed by atoms with van der Waals surface area (Å²) in [5.74, 6) is -0.138. The molecule has 1 N–H and O–H groups in total. The minimum atomic E-state index is -0.428. The molecule has 0 bridgehead atoms. The van der Waals surface area contributed by atoms with Crippen molar-refractivity contribution in [3.63, 3.8) is 0 Å². The molecule has 1 amide bonds. The van der Waals surface area contributed by atoms with Gasteiger partial charge in [-0.05, 0) is 50.6 Å². The molecule has 0 saturated carbocycles. The fourth-order valence-corrected chi connectivity index (χ4v) is 3.72. The van der Waals surface area contributed by atoms with Gasteiger partial charge in [-0.15, -0.1) is 0 Å². The normalized spacial score (nSPS) is 15.7. The maximum absolute atomic E-state index is 12.5. The lowest BCUT2D eigenvalue weighted by Crippen LogP contribution is -2.36. The molecule has 1 saturated heterocycles. The van der Waals surface area contributed by atoms with Gasteiger partial charge >= 0.3 is 0 Å². The predicted molar refractivity (Wildman–Crippen MR) is 114 cm³/mol. The van der Waals surface area contributed by atoms with Gasteiger partial charge in [0.2, 0.25) is 5.91 Å². The predicted octanol–water partition coefficient (Wildman–Crippen LogP) is 3.36. The van der Waals surface area contributed by atoms with Gasteiger partial charge in [-0.2, -0.15) is 0 Å². The highest BCUT2D eigenvalue weighted by atomic mass is 16.6. The van der Waals surface area contributed by atoms with Gasteiger partial charge in [0.25, 0.3) is 5.69 Å². The van der Waals surface area contributed by atoms with Crippen molar-refractivity contribution in [3.05, 3.63) is 69.3 Å². The summed E-state index contributed by atoms with van der Waals surface area (Å²) in [6.07, 6.45) is 1.01. The molecule has 7 heteroatoms. The van der Waals surface area contributed by atoms with Crippen LogP contribution in [0.15, 0.2) is 42.5 Å². The van der Waals surface area contributed by atoms with E-state index in [-0.39, 0.29) is 11.6 Å². The molecule has 1 aliphatic heterocycles. The van der Waals surface area contributed by atoms with Crippen LogP contribution in [0, 0.1) is 24.0 Å². The second-order valence-electron chi connectivity index (χ2n) is 7.59. The van der Waals surface area contributed by atoms with E-state index >= 15 is 0 Å². The number of carbonyl (C=O) groups is 1. The first-order chi connectivity index (χ1) is 13.9. The van der Waals surface area contributed by atoms with E-state index < -0.39 is 4.92 Å². The Morgan fingerprint density at radius 1 is 1.03 bits per heavy atom. The summed E-state index contributed by atoms with van der Waals surface area (Å²) in [6, 6.07) is 13.2. The third-order valence-corrected chi connectivity index (χ3v) is 5.48. The van der Waals surface area contributed by atoms with Crippen LogP contribution in [0.25, 0.3) is 0 Å². The number of benzene rings is 2. The summed E-state index contributed by atoms with van der Waals surface area (Å²) >= 11 is 0. The SMILES string of the molecule is Cc1ccccc1CN1CCCN(CC(=O)Nc2cccc([N+](=O)[O-])c2C)CC1. The van der Waals surface area contributed by atoms with E-state index in [9.17, 15) is 14.9 Å². The molecule has 1 aliphatic rings. The number of carbonyl (C=O) groups excluding carboxylic acids is 1. The Labute approximate surface area is 171 Å². The molecule has 0 radical (unpaired) electrons. The summed E-state index contributed by atoms with van der Waals surface area (Å²) in [5.41, 5.74) is 3.65. The fourth-order valence-electron chi connectivity index (χ4n) is 3.72. The molecule has 0 atom stereocenters. The Hall–Kier alpha value is -2.77. The summed E-state index contributed by atoms with van der Waals surface area (Å²) in [4.78, 5) is 27.7. The Morgan fingerprint density at radius 2 is 1.76 bits per heavy atom. The molecular formula is C22H28N4O3. The van der Waals surface area contributed by atoms with Crippen molar-refractivity contribution in [2.24, 2.45) is 0 Å². The number of hydrogen-bond acceptors (Lipinski definition) is 5. The Kier molecular flexibility index (Phi) is 6.95. The van der Waals surface area contributed by atoms with E-state index in [4.69, 9.17) is 0 Å². The van der Waals surface area contributed by atoms with E-state index in [1.165, 1.54) is 17.2 Å². The van der Waals surface area contributed by atoms with Crippen molar-refractivity contribution in [2.45, 2.75) is 26.8 Å². The quantitative estimate of drug-likeness (QED) is 0.598. The molecular weight excluding hydrogens is 368 g/mol. The molecule has 0 unspecified atom stereocenters. The average Bonchev–Trinajstić information content (AvgIpc) is 2.90. The van der Waals surface area contributed by atoms with Crippen molar-refractivity contribution in [2.75, 3.05) is 38.0 Å². The Bertz CT molecular complexity index is 884. The van der Waals surface area contributed by atoms with Gasteiger partial charge in [0.05, 0.1) is 22.7 Å². The molecule has 3 rings (SSSR count). The van der Waals surface area contributed by atoms with Crippen LogP contribution < -0.4 is 5.32 Å². The van der Waals surface area contributed by atoms with Gasteiger partial charge in [-0.3, -0.25) is 24.7 Å². The molecule has 1 fully saturated rings. The van der Waals surface area contributed by atoms with E-state index in [0.717, 1.165) is 39.1 Å². The zero-order valence-electron chi connectivity index (χ0n) is 17.1. The second kappa shape index (κ2) is 9.62. The highest BCUT2D eigenvalue weighted by Gasteiger charge is 2.19. The highest BCUT2D eigenvalue weighted by Crippen LogP contribution is 2.25. The first-order valence-corrected chi connectivity index (χ1v) is 9.97. The number of amides is 1. The minimum Gasteiger partial charge on any atom is -0.324 e. The maximum atomic E-state index is 12.5. The molecule has 2 aromatic carbocycles. The zero-order valence-corrected chi connectivity index (χ0v) is 17.1. The lowest BCUT2D eigenvalue weighted by atomic mass is 10.1. The number of nitrogens with one attached hydrogen (secondary N) is 1. The van der Waals surface area contributed by atoms with Gasteiger partial charge in [0.1, 0.15) is 0 Å². The Morgan fingerprint density at radius 3 is 2.52 bits per heavy atom. The number of rotatable bonds is 6. The van der Waals surface area contributed by atoms with Crippen molar-refractivity contribution in [3.8, 4) is 0 Å². The number of nitro groups is 1. The van der Waals surface area contributed by atoms with E-state index in [1.807, 2.05) is 0 Å². The zero-order chi connectivity index (χ0) is 20.8. The second-order valence-corrected chi connectivity index (χ2v) is 7.59. The van der Waals surface area contributed by atoms with Crippen molar-refractivity contribution in [1.82, 2.24) is 9.80 Å². The van der Waals surface area contributed by atoms with E-state index in [0.29, 0.717) is 17.8 Å². The van der Waals surface area contributed by atoms with Crippen molar-refractivity contribution < 1.29 is 9.72 Å². The van der Waals surface area contributed by atoms with Crippen molar-refractivity contribution in [1.29, 1.82) is 0 Å². The minimum absolute atomic E-state index is 0.0180. The van der Waals surface area contributed by atoms with Crippen LogP contribution >= 0.6 is 0 Å². The summed E-state index contributed by atoms with van der Waals surface area (Å²) < 4.78 is 0. The first kappa shape index (κ1) is 21.0. The fraction of sp³-hybridized carbons (Fsp3) is 0.409. The molecule has 2 aromatic rings. The highest BCUT2D eigenvalue weighted by molar-refractivity contribution is 5.93. The van der Waals surface area contributed by atoms with Crippen LogP contribution in [0.5, 0.6) is 0 Å². The molecule has 154 valence electrons. The molecule has 0 aliphatic carbocycles. The number of hydrogen-bond donors (Lipinski definition) is 1. The van der Waals surface area contributed by atoms with E-state index in [2.05, 4.69) is 46.3 Å². The van der Waals surface area contributed by atoms with Gasteiger partial charge < -0.3 is 5.32 Å². The average molecular weight is 396 g/mol. The molecule has 1 heterocycles. The van der Waals surface area contributed by atoms with Crippen LogP contribution in [0.4, 0.5) is 11.4 Å². The number of nitro benzene ring substituents is 1.